The number of nitrogen functional groups attached to an aromatic ring is 1. The Morgan fingerprint density at radius 1 is 1.40 bits per heavy atom. The zero-order valence-electron chi connectivity index (χ0n) is 11.8. The second-order valence-electron chi connectivity index (χ2n) is 5.56. The summed E-state index contributed by atoms with van der Waals surface area (Å²) in [6.07, 6.45) is 2.69. The summed E-state index contributed by atoms with van der Waals surface area (Å²) in [4.78, 5) is 12.1. The van der Waals surface area contributed by atoms with Crippen LogP contribution >= 0.6 is 11.3 Å². The lowest BCUT2D eigenvalue weighted by Crippen LogP contribution is -2.29. The normalized spacial score (nSPS) is 17.6. The van der Waals surface area contributed by atoms with Crippen molar-refractivity contribution in [2.45, 2.75) is 19.8 Å². The van der Waals surface area contributed by atoms with Crippen LogP contribution in [0.25, 0.3) is 10.2 Å². The fraction of sp³-hybridized carbons (Fsp3) is 0.571. The minimum absolute atomic E-state index is 0.342. The highest BCUT2D eigenvalue weighted by atomic mass is 32.1. The molecule has 0 saturated carbocycles. The monoisotopic (exact) mass is 291 g/mol. The third kappa shape index (κ3) is 3.02. The van der Waals surface area contributed by atoms with Crippen molar-refractivity contribution in [3.8, 4) is 0 Å². The number of rotatable bonds is 5. The fourth-order valence-corrected chi connectivity index (χ4v) is 3.52. The maximum atomic E-state index is 5.76. The molecule has 0 aliphatic carbocycles. The van der Waals surface area contributed by atoms with Gasteiger partial charge in [0.2, 0.25) is 5.95 Å². The highest BCUT2D eigenvalue weighted by Crippen LogP contribution is 2.25. The third-order valence-electron chi connectivity index (χ3n) is 3.73. The van der Waals surface area contributed by atoms with Gasteiger partial charge in [-0.05, 0) is 43.3 Å². The summed E-state index contributed by atoms with van der Waals surface area (Å²) in [6.45, 7) is 6.85. The Morgan fingerprint density at radius 3 is 3.00 bits per heavy atom. The van der Waals surface area contributed by atoms with Crippen molar-refractivity contribution in [3.63, 3.8) is 0 Å². The van der Waals surface area contributed by atoms with E-state index in [0.29, 0.717) is 11.9 Å². The molecule has 2 aromatic rings. The predicted octanol–water partition coefficient (Wildman–Crippen LogP) is 2.42. The van der Waals surface area contributed by atoms with Crippen LogP contribution in [0.2, 0.25) is 0 Å². The standard InChI is InChI=1S/C14H21N5S/c1-10(9-19-5-2-3-6-19)8-16-12-11-4-7-20-13(11)18-14(15)17-12/h4,7,10H,2-3,5-6,8-9H2,1H3,(H3,15,16,17,18). The molecule has 20 heavy (non-hydrogen) atoms. The van der Waals surface area contributed by atoms with Crippen LogP contribution in [0.3, 0.4) is 0 Å². The molecule has 0 spiro atoms. The molecule has 5 nitrogen and oxygen atoms in total. The predicted molar refractivity (Wildman–Crippen MR) is 85.2 cm³/mol. The van der Waals surface area contributed by atoms with E-state index in [0.717, 1.165) is 29.1 Å². The van der Waals surface area contributed by atoms with Gasteiger partial charge in [-0.1, -0.05) is 6.92 Å². The molecule has 1 aliphatic heterocycles. The number of likely N-dealkylation sites (tertiary alicyclic amines) is 1. The second-order valence-corrected chi connectivity index (χ2v) is 6.46. The Bertz CT molecular complexity index is 576. The first-order valence-electron chi connectivity index (χ1n) is 7.19. The largest absolute Gasteiger partial charge is 0.369 e. The van der Waals surface area contributed by atoms with Crippen LogP contribution in [0.15, 0.2) is 11.4 Å². The number of nitrogens with two attached hydrogens (primary N) is 1. The molecular weight excluding hydrogens is 270 g/mol. The van der Waals surface area contributed by atoms with Crippen LogP contribution in [-0.4, -0.2) is 41.0 Å². The molecule has 1 unspecified atom stereocenters. The first-order valence-corrected chi connectivity index (χ1v) is 8.07. The van der Waals surface area contributed by atoms with Crippen LogP contribution in [0.5, 0.6) is 0 Å². The van der Waals surface area contributed by atoms with E-state index in [9.17, 15) is 0 Å². The number of hydrogen-bond donors (Lipinski definition) is 2. The highest BCUT2D eigenvalue weighted by molar-refractivity contribution is 7.16. The van der Waals surface area contributed by atoms with Gasteiger partial charge in [-0.3, -0.25) is 0 Å². The van der Waals surface area contributed by atoms with Gasteiger partial charge in [0.05, 0.1) is 5.39 Å². The van der Waals surface area contributed by atoms with Crippen molar-refractivity contribution in [1.82, 2.24) is 14.9 Å². The average Bonchev–Trinajstić information content (AvgIpc) is 3.06. The highest BCUT2D eigenvalue weighted by Gasteiger charge is 2.15. The van der Waals surface area contributed by atoms with Crippen LogP contribution < -0.4 is 11.1 Å². The lowest BCUT2D eigenvalue weighted by Gasteiger charge is -2.20. The first-order chi connectivity index (χ1) is 9.72. The SMILES string of the molecule is CC(CNc1nc(N)nc2sccc12)CN1CCCC1. The molecule has 3 rings (SSSR count). The molecule has 0 aromatic carbocycles. The van der Waals surface area contributed by atoms with E-state index in [2.05, 4.69) is 27.1 Å². The maximum Gasteiger partial charge on any atom is 0.223 e. The van der Waals surface area contributed by atoms with Crippen molar-refractivity contribution >= 4 is 33.3 Å². The van der Waals surface area contributed by atoms with Gasteiger partial charge in [0.25, 0.3) is 0 Å². The molecule has 6 heteroatoms. The van der Waals surface area contributed by atoms with E-state index in [1.165, 1.54) is 25.9 Å². The Hall–Kier alpha value is -1.40. The van der Waals surface area contributed by atoms with E-state index >= 15 is 0 Å². The molecule has 1 saturated heterocycles. The molecule has 3 heterocycles. The Balaban J connectivity index is 1.62. The first kappa shape index (κ1) is 13.6. The van der Waals surface area contributed by atoms with Gasteiger partial charge >= 0.3 is 0 Å². The van der Waals surface area contributed by atoms with Gasteiger partial charge in [0, 0.05) is 13.1 Å². The molecule has 1 atom stereocenters. The molecule has 0 amide bonds. The zero-order chi connectivity index (χ0) is 13.9. The van der Waals surface area contributed by atoms with Crippen molar-refractivity contribution in [3.05, 3.63) is 11.4 Å². The van der Waals surface area contributed by atoms with Gasteiger partial charge in [0.1, 0.15) is 10.6 Å². The smallest absolute Gasteiger partial charge is 0.223 e. The molecule has 0 radical (unpaired) electrons. The number of thiophene rings is 1. The Morgan fingerprint density at radius 2 is 2.20 bits per heavy atom. The van der Waals surface area contributed by atoms with E-state index < -0.39 is 0 Å². The topological polar surface area (TPSA) is 67.1 Å². The molecule has 0 bridgehead atoms. The van der Waals surface area contributed by atoms with Gasteiger partial charge in [0.15, 0.2) is 0 Å². The van der Waals surface area contributed by atoms with Gasteiger partial charge < -0.3 is 16.0 Å². The van der Waals surface area contributed by atoms with Crippen LogP contribution in [-0.2, 0) is 0 Å². The number of hydrogen-bond acceptors (Lipinski definition) is 6. The molecule has 2 aromatic heterocycles. The lowest BCUT2D eigenvalue weighted by molar-refractivity contribution is 0.294. The summed E-state index contributed by atoms with van der Waals surface area (Å²) in [5.74, 6) is 1.80. The lowest BCUT2D eigenvalue weighted by atomic mass is 10.1. The van der Waals surface area contributed by atoms with E-state index in [1.807, 2.05) is 11.4 Å². The Kier molecular flexibility index (Phi) is 4.03. The minimum atomic E-state index is 0.342. The van der Waals surface area contributed by atoms with Crippen LogP contribution in [0.4, 0.5) is 11.8 Å². The van der Waals surface area contributed by atoms with Crippen molar-refractivity contribution < 1.29 is 0 Å². The molecule has 1 aliphatic rings. The summed E-state index contributed by atoms with van der Waals surface area (Å²) in [5, 5.41) is 6.53. The van der Waals surface area contributed by atoms with Crippen molar-refractivity contribution in [1.29, 1.82) is 0 Å². The van der Waals surface area contributed by atoms with Crippen LogP contribution in [0, 0.1) is 5.92 Å². The van der Waals surface area contributed by atoms with Crippen LogP contribution in [0.1, 0.15) is 19.8 Å². The van der Waals surface area contributed by atoms with E-state index in [-0.39, 0.29) is 0 Å². The van der Waals surface area contributed by atoms with E-state index in [4.69, 9.17) is 5.73 Å². The summed E-state index contributed by atoms with van der Waals surface area (Å²) in [6, 6.07) is 2.05. The average molecular weight is 291 g/mol. The third-order valence-corrected chi connectivity index (χ3v) is 4.54. The van der Waals surface area contributed by atoms with Gasteiger partial charge in [-0.15, -0.1) is 11.3 Å². The maximum absolute atomic E-state index is 5.76. The molecule has 1 fully saturated rings. The summed E-state index contributed by atoms with van der Waals surface area (Å²) >= 11 is 1.60. The molecular formula is C14H21N5S. The molecule has 3 N–H and O–H groups in total. The fourth-order valence-electron chi connectivity index (χ4n) is 2.75. The molecule has 108 valence electrons. The number of aromatic nitrogens is 2. The summed E-state index contributed by atoms with van der Waals surface area (Å²) < 4.78 is 0. The van der Waals surface area contributed by atoms with Gasteiger partial charge in [-0.25, -0.2) is 4.98 Å². The van der Waals surface area contributed by atoms with Crippen molar-refractivity contribution in [2.75, 3.05) is 37.2 Å². The number of anilines is 2. The van der Waals surface area contributed by atoms with E-state index in [1.54, 1.807) is 11.3 Å². The van der Waals surface area contributed by atoms with Crippen molar-refractivity contribution in [2.24, 2.45) is 5.92 Å². The quantitative estimate of drug-likeness (QED) is 0.885. The minimum Gasteiger partial charge on any atom is -0.369 e. The number of nitrogens with zero attached hydrogens (tertiary/aromatic N) is 3. The second kappa shape index (κ2) is 5.93. The summed E-state index contributed by atoms with van der Waals surface area (Å²) in [5.41, 5.74) is 5.76. The number of fused-ring (bicyclic) bond motifs is 1. The number of nitrogens with one attached hydrogen (secondary N) is 1. The Labute approximate surface area is 123 Å². The van der Waals surface area contributed by atoms with Gasteiger partial charge in [-0.2, -0.15) is 4.98 Å². The summed E-state index contributed by atoms with van der Waals surface area (Å²) in [7, 11) is 0. The zero-order valence-corrected chi connectivity index (χ0v) is 12.6.